The van der Waals surface area contributed by atoms with E-state index in [0.29, 0.717) is 40.6 Å². The molecule has 1 aromatic heterocycles. The van der Waals surface area contributed by atoms with Gasteiger partial charge in [-0.1, -0.05) is 24.3 Å². The third kappa shape index (κ3) is 4.62. The van der Waals surface area contributed by atoms with Crippen LogP contribution in [0.4, 0.5) is 5.69 Å². The lowest BCUT2D eigenvalue weighted by atomic mass is 10.1. The molecule has 1 heterocycles. The fraction of sp³-hybridized carbons (Fsp3) is 0.160. The predicted octanol–water partition coefficient (Wildman–Crippen LogP) is 5.08. The Bertz CT molecular complexity index is 1210. The summed E-state index contributed by atoms with van der Waals surface area (Å²) in [6.07, 6.45) is -1.01. The van der Waals surface area contributed by atoms with Crippen LogP contribution in [0.1, 0.15) is 24.2 Å². The summed E-state index contributed by atoms with van der Waals surface area (Å²) in [5.74, 6) is -0.0647. The molecule has 7 nitrogen and oxygen atoms in total. The highest BCUT2D eigenvalue weighted by molar-refractivity contribution is 6.00. The minimum atomic E-state index is -1.01. The number of rotatable bonds is 7. The third-order valence-electron chi connectivity index (χ3n) is 4.76. The van der Waals surface area contributed by atoms with E-state index in [2.05, 4.69) is 10.3 Å². The quantitative estimate of drug-likeness (QED) is 0.411. The zero-order valence-electron chi connectivity index (χ0n) is 17.7. The first-order chi connectivity index (χ1) is 15.5. The zero-order chi connectivity index (χ0) is 22.5. The van der Waals surface area contributed by atoms with Gasteiger partial charge < -0.3 is 19.2 Å². The number of fused-ring (bicyclic) bond motifs is 1. The predicted molar refractivity (Wildman–Crippen MR) is 121 cm³/mol. The number of amides is 1. The molecule has 162 valence electrons. The van der Waals surface area contributed by atoms with E-state index in [4.69, 9.17) is 13.9 Å². The van der Waals surface area contributed by atoms with E-state index in [1.54, 1.807) is 54.6 Å². The molecule has 1 N–H and O–H groups in total. The van der Waals surface area contributed by atoms with Gasteiger partial charge in [-0.15, -0.1) is 0 Å². The van der Waals surface area contributed by atoms with Gasteiger partial charge in [-0.05, 0) is 62.4 Å². The Morgan fingerprint density at radius 3 is 2.47 bits per heavy atom. The maximum atomic E-state index is 12.8. The molecule has 1 amide bonds. The number of ether oxygens (including phenoxy) is 2. The molecule has 0 bridgehead atoms. The molecule has 1 atom stereocenters. The summed E-state index contributed by atoms with van der Waals surface area (Å²) < 4.78 is 16.6. The van der Waals surface area contributed by atoms with Gasteiger partial charge in [0.15, 0.2) is 11.7 Å². The van der Waals surface area contributed by atoms with Crippen LogP contribution in [0.3, 0.4) is 0 Å². The Kier molecular flexibility index (Phi) is 6.17. The minimum absolute atomic E-state index is 0.264. The molecule has 32 heavy (non-hydrogen) atoms. The number of para-hydroxylation sites is 2. The molecule has 0 saturated carbocycles. The maximum Gasteiger partial charge on any atom is 0.339 e. The zero-order valence-corrected chi connectivity index (χ0v) is 17.7. The van der Waals surface area contributed by atoms with Gasteiger partial charge in [0.2, 0.25) is 5.89 Å². The van der Waals surface area contributed by atoms with Crippen LogP contribution < -0.4 is 10.1 Å². The molecule has 4 rings (SSSR count). The smallest absolute Gasteiger partial charge is 0.339 e. The Hall–Kier alpha value is -4.13. The Balaban J connectivity index is 1.47. The van der Waals surface area contributed by atoms with Crippen molar-refractivity contribution in [1.29, 1.82) is 0 Å². The van der Waals surface area contributed by atoms with E-state index in [9.17, 15) is 9.59 Å². The van der Waals surface area contributed by atoms with Gasteiger partial charge in [0, 0.05) is 5.69 Å². The fourth-order valence-electron chi connectivity index (χ4n) is 3.16. The number of oxazole rings is 1. The maximum absolute atomic E-state index is 12.8. The summed E-state index contributed by atoms with van der Waals surface area (Å²) >= 11 is 0. The van der Waals surface area contributed by atoms with E-state index < -0.39 is 18.0 Å². The SMILES string of the molecule is CCOc1ccc(NC(=O)C(C)OC(=O)c2ccccc2-c2nc3ccccc3o2)cc1. The number of hydrogen-bond donors (Lipinski definition) is 1. The summed E-state index contributed by atoms with van der Waals surface area (Å²) in [6.45, 7) is 3.97. The normalized spacial score (nSPS) is 11.7. The molecule has 7 heteroatoms. The molecule has 0 fully saturated rings. The number of nitrogens with zero attached hydrogens (tertiary/aromatic N) is 1. The summed E-state index contributed by atoms with van der Waals surface area (Å²) in [7, 11) is 0. The average molecular weight is 430 g/mol. The van der Waals surface area contributed by atoms with Crippen LogP contribution in [0.15, 0.2) is 77.2 Å². The highest BCUT2D eigenvalue weighted by Gasteiger charge is 2.23. The van der Waals surface area contributed by atoms with E-state index in [0.717, 1.165) is 0 Å². The molecular weight excluding hydrogens is 408 g/mol. The lowest BCUT2D eigenvalue weighted by molar-refractivity contribution is -0.123. The first kappa shape index (κ1) is 21.1. The highest BCUT2D eigenvalue weighted by atomic mass is 16.5. The average Bonchev–Trinajstić information content (AvgIpc) is 3.24. The molecule has 0 saturated heterocycles. The number of anilines is 1. The molecule has 4 aromatic rings. The topological polar surface area (TPSA) is 90.7 Å². The van der Waals surface area contributed by atoms with Gasteiger partial charge in [-0.25, -0.2) is 9.78 Å². The van der Waals surface area contributed by atoms with Crippen molar-refractivity contribution in [3.8, 4) is 17.2 Å². The first-order valence-corrected chi connectivity index (χ1v) is 10.2. The van der Waals surface area contributed by atoms with Gasteiger partial charge in [-0.2, -0.15) is 0 Å². The Labute approximate surface area is 185 Å². The van der Waals surface area contributed by atoms with Gasteiger partial charge in [0.05, 0.1) is 17.7 Å². The molecule has 0 aliphatic rings. The second-order valence-corrected chi connectivity index (χ2v) is 7.03. The van der Waals surface area contributed by atoms with Crippen LogP contribution in [0, 0.1) is 0 Å². The molecule has 0 aliphatic carbocycles. The summed E-state index contributed by atoms with van der Waals surface area (Å²) in [5.41, 5.74) is 2.64. The first-order valence-electron chi connectivity index (χ1n) is 10.2. The van der Waals surface area contributed by atoms with Gasteiger partial charge in [-0.3, -0.25) is 4.79 Å². The Morgan fingerprint density at radius 1 is 1.00 bits per heavy atom. The summed E-state index contributed by atoms with van der Waals surface area (Å²) in [4.78, 5) is 29.8. The van der Waals surface area contributed by atoms with Crippen LogP contribution in [-0.2, 0) is 9.53 Å². The van der Waals surface area contributed by atoms with Crippen LogP contribution in [-0.4, -0.2) is 29.6 Å². The van der Waals surface area contributed by atoms with Gasteiger partial charge in [0.25, 0.3) is 5.91 Å². The van der Waals surface area contributed by atoms with Crippen molar-refractivity contribution in [2.24, 2.45) is 0 Å². The van der Waals surface area contributed by atoms with Gasteiger partial charge >= 0.3 is 5.97 Å². The number of aromatic nitrogens is 1. The van der Waals surface area contributed by atoms with Crippen LogP contribution in [0.2, 0.25) is 0 Å². The van der Waals surface area contributed by atoms with E-state index in [1.807, 2.05) is 25.1 Å². The van der Waals surface area contributed by atoms with Gasteiger partial charge in [0.1, 0.15) is 11.3 Å². The van der Waals surface area contributed by atoms with Crippen LogP contribution in [0.25, 0.3) is 22.6 Å². The standard InChI is InChI=1S/C25H22N2O5/c1-3-30-18-14-12-17(13-15-18)26-23(28)16(2)31-25(29)20-9-5-4-8-19(20)24-27-21-10-6-7-11-22(21)32-24/h4-16H,3H2,1-2H3,(H,26,28). The van der Waals surface area contributed by atoms with Crippen LogP contribution in [0.5, 0.6) is 5.75 Å². The lowest BCUT2D eigenvalue weighted by Gasteiger charge is -2.15. The molecule has 0 spiro atoms. The van der Waals surface area contributed by atoms with Crippen molar-refractivity contribution in [3.05, 3.63) is 78.4 Å². The number of carbonyl (C=O) groups is 2. The summed E-state index contributed by atoms with van der Waals surface area (Å²) in [6, 6.07) is 21.1. The van der Waals surface area contributed by atoms with E-state index in [-0.39, 0.29) is 5.56 Å². The number of carbonyl (C=O) groups excluding carboxylic acids is 2. The van der Waals surface area contributed by atoms with Crippen molar-refractivity contribution in [2.45, 2.75) is 20.0 Å². The fourth-order valence-corrected chi connectivity index (χ4v) is 3.16. The van der Waals surface area contributed by atoms with Crippen molar-refractivity contribution >= 4 is 28.7 Å². The van der Waals surface area contributed by atoms with Crippen molar-refractivity contribution < 1.29 is 23.5 Å². The van der Waals surface area contributed by atoms with Crippen molar-refractivity contribution in [3.63, 3.8) is 0 Å². The lowest BCUT2D eigenvalue weighted by Crippen LogP contribution is -2.30. The van der Waals surface area contributed by atoms with E-state index in [1.165, 1.54) is 6.92 Å². The number of hydrogen-bond acceptors (Lipinski definition) is 6. The number of esters is 1. The summed E-state index contributed by atoms with van der Waals surface area (Å²) in [5, 5.41) is 2.73. The van der Waals surface area contributed by atoms with Crippen molar-refractivity contribution in [1.82, 2.24) is 4.98 Å². The Morgan fingerprint density at radius 2 is 1.72 bits per heavy atom. The van der Waals surface area contributed by atoms with Crippen molar-refractivity contribution in [2.75, 3.05) is 11.9 Å². The minimum Gasteiger partial charge on any atom is -0.494 e. The molecular formula is C25H22N2O5. The monoisotopic (exact) mass is 430 g/mol. The molecule has 0 radical (unpaired) electrons. The second-order valence-electron chi connectivity index (χ2n) is 7.03. The number of nitrogens with one attached hydrogen (secondary N) is 1. The molecule has 3 aromatic carbocycles. The third-order valence-corrected chi connectivity index (χ3v) is 4.76. The number of benzene rings is 3. The molecule has 1 unspecified atom stereocenters. The van der Waals surface area contributed by atoms with Crippen LogP contribution >= 0.6 is 0 Å². The highest BCUT2D eigenvalue weighted by Crippen LogP contribution is 2.27. The van der Waals surface area contributed by atoms with E-state index >= 15 is 0 Å². The largest absolute Gasteiger partial charge is 0.494 e. The molecule has 0 aliphatic heterocycles. The second kappa shape index (κ2) is 9.34.